The number of ether oxygens (including phenoxy) is 1. The third-order valence-corrected chi connectivity index (χ3v) is 3.75. The standard InChI is InChI=1S/C15H24N2O/c1-13-4-6-15(7-5-13)17-9-8-16(10-11-18-3)14(2)12-17/h4-7,14H,8-12H2,1-3H3/t14-/m1/s1. The van der Waals surface area contributed by atoms with E-state index >= 15 is 0 Å². The van der Waals surface area contributed by atoms with E-state index < -0.39 is 0 Å². The lowest BCUT2D eigenvalue weighted by Gasteiger charge is -2.41. The number of aryl methyl sites for hydroxylation is 1. The van der Waals surface area contributed by atoms with Gasteiger partial charge in [-0.2, -0.15) is 0 Å². The second-order valence-electron chi connectivity index (χ2n) is 5.16. The van der Waals surface area contributed by atoms with E-state index in [0.717, 1.165) is 32.8 Å². The lowest BCUT2D eigenvalue weighted by molar-refractivity contribution is 0.117. The maximum Gasteiger partial charge on any atom is 0.0589 e. The van der Waals surface area contributed by atoms with Crippen LogP contribution in [0.1, 0.15) is 12.5 Å². The Morgan fingerprint density at radius 1 is 1.22 bits per heavy atom. The van der Waals surface area contributed by atoms with Gasteiger partial charge in [0.05, 0.1) is 6.61 Å². The van der Waals surface area contributed by atoms with Crippen LogP contribution in [0.15, 0.2) is 24.3 Å². The average Bonchev–Trinajstić information content (AvgIpc) is 2.38. The molecule has 3 heteroatoms. The van der Waals surface area contributed by atoms with Gasteiger partial charge in [0.2, 0.25) is 0 Å². The quantitative estimate of drug-likeness (QED) is 0.812. The first-order valence-electron chi connectivity index (χ1n) is 6.75. The molecule has 0 unspecified atom stereocenters. The van der Waals surface area contributed by atoms with Gasteiger partial charge in [-0.15, -0.1) is 0 Å². The van der Waals surface area contributed by atoms with Crippen LogP contribution in [-0.4, -0.2) is 50.8 Å². The summed E-state index contributed by atoms with van der Waals surface area (Å²) in [5.41, 5.74) is 2.67. The molecule has 0 aliphatic carbocycles. The Balaban J connectivity index is 1.93. The highest BCUT2D eigenvalue weighted by Crippen LogP contribution is 2.19. The van der Waals surface area contributed by atoms with Gasteiger partial charge in [-0.1, -0.05) is 17.7 Å². The van der Waals surface area contributed by atoms with Crippen molar-refractivity contribution in [1.29, 1.82) is 0 Å². The monoisotopic (exact) mass is 248 g/mol. The van der Waals surface area contributed by atoms with Gasteiger partial charge in [-0.25, -0.2) is 0 Å². The molecule has 0 spiro atoms. The molecule has 1 heterocycles. The zero-order valence-corrected chi connectivity index (χ0v) is 11.7. The van der Waals surface area contributed by atoms with E-state index in [2.05, 4.69) is 47.9 Å². The maximum absolute atomic E-state index is 5.16. The van der Waals surface area contributed by atoms with Crippen molar-refractivity contribution >= 4 is 5.69 Å². The lowest BCUT2D eigenvalue weighted by Crippen LogP contribution is -2.52. The number of methoxy groups -OCH3 is 1. The Bertz CT molecular complexity index is 363. The molecule has 1 atom stereocenters. The van der Waals surface area contributed by atoms with Crippen LogP contribution in [0, 0.1) is 6.92 Å². The Morgan fingerprint density at radius 3 is 2.56 bits per heavy atom. The molecule has 0 amide bonds. The van der Waals surface area contributed by atoms with E-state index in [4.69, 9.17) is 4.74 Å². The predicted molar refractivity (Wildman–Crippen MR) is 76.3 cm³/mol. The molecule has 18 heavy (non-hydrogen) atoms. The minimum absolute atomic E-state index is 0.593. The fourth-order valence-electron chi connectivity index (χ4n) is 2.53. The van der Waals surface area contributed by atoms with Crippen LogP contribution in [0.25, 0.3) is 0 Å². The molecule has 1 aromatic rings. The van der Waals surface area contributed by atoms with Crippen molar-refractivity contribution in [2.24, 2.45) is 0 Å². The van der Waals surface area contributed by atoms with Crippen LogP contribution < -0.4 is 4.90 Å². The topological polar surface area (TPSA) is 15.7 Å². The van der Waals surface area contributed by atoms with Crippen molar-refractivity contribution in [1.82, 2.24) is 4.90 Å². The third kappa shape index (κ3) is 3.24. The normalized spacial score (nSPS) is 21.3. The number of piperazine rings is 1. The van der Waals surface area contributed by atoms with Gasteiger partial charge in [0.25, 0.3) is 0 Å². The molecule has 1 aliphatic rings. The minimum Gasteiger partial charge on any atom is -0.383 e. The molecular formula is C15H24N2O. The van der Waals surface area contributed by atoms with E-state index in [0.29, 0.717) is 6.04 Å². The molecule has 1 aliphatic heterocycles. The number of anilines is 1. The van der Waals surface area contributed by atoms with Crippen LogP contribution in [0.5, 0.6) is 0 Å². The van der Waals surface area contributed by atoms with Crippen LogP contribution in [0.3, 0.4) is 0 Å². The summed E-state index contributed by atoms with van der Waals surface area (Å²) in [7, 11) is 1.77. The van der Waals surface area contributed by atoms with Crippen molar-refractivity contribution < 1.29 is 4.74 Å². The predicted octanol–water partition coefficient (Wildman–Crippen LogP) is 2.15. The highest BCUT2D eigenvalue weighted by Gasteiger charge is 2.23. The fraction of sp³-hybridized carbons (Fsp3) is 0.600. The van der Waals surface area contributed by atoms with Crippen LogP contribution >= 0.6 is 0 Å². The number of rotatable bonds is 4. The van der Waals surface area contributed by atoms with Gasteiger partial charge < -0.3 is 9.64 Å². The van der Waals surface area contributed by atoms with Gasteiger partial charge in [-0.05, 0) is 26.0 Å². The molecule has 0 bridgehead atoms. The Kier molecular flexibility index (Phi) is 4.61. The summed E-state index contributed by atoms with van der Waals surface area (Å²) in [5.74, 6) is 0. The highest BCUT2D eigenvalue weighted by atomic mass is 16.5. The molecule has 0 N–H and O–H groups in total. The zero-order chi connectivity index (χ0) is 13.0. The van der Waals surface area contributed by atoms with Crippen molar-refractivity contribution in [3.05, 3.63) is 29.8 Å². The van der Waals surface area contributed by atoms with Crippen molar-refractivity contribution in [2.45, 2.75) is 19.9 Å². The number of hydrogen-bond donors (Lipinski definition) is 0. The first-order chi connectivity index (χ1) is 8.70. The van der Waals surface area contributed by atoms with E-state index in [1.165, 1.54) is 11.3 Å². The van der Waals surface area contributed by atoms with E-state index in [9.17, 15) is 0 Å². The largest absolute Gasteiger partial charge is 0.383 e. The molecule has 0 aromatic heterocycles. The molecule has 100 valence electrons. The second kappa shape index (κ2) is 6.21. The van der Waals surface area contributed by atoms with Crippen molar-refractivity contribution in [3.8, 4) is 0 Å². The van der Waals surface area contributed by atoms with Gasteiger partial charge in [0.1, 0.15) is 0 Å². The number of benzene rings is 1. The molecule has 1 saturated heterocycles. The molecule has 3 nitrogen and oxygen atoms in total. The molecule has 1 fully saturated rings. The first kappa shape index (κ1) is 13.4. The molecular weight excluding hydrogens is 224 g/mol. The molecule has 2 rings (SSSR count). The zero-order valence-electron chi connectivity index (χ0n) is 11.7. The summed E-state index contributed by atoms with van der Waals surface area (Å²) in [6.07, 6.45) is 0. The summed E-state index contributed by atoms with van der Waals surface area (Å²) in [5, 5.41) is 0. The minimum atomic E-state index is 0.593. The van der Waals surface area contributed by atoms with E-state index in [1.807, 2.05) is 0 Å². The number of nitrogens with zero attached hydrogens (tertiary/aromatic N) is 2. The highest BCUT2D eigenvalue weighted by molar-refractivity contribution is 5.48. The summed E-state index contributed by atoms with van der Waals surface area (Å²) >= 11 is 0. The van der Waals surface area contributed by atoms with Crippen LogP contribution in [0.2, 0.25) is 0 Å². The fourth-order valence-corrected chi connectivity index (χ4v) is 2.53. The maximum atomic E-state index is 5.16. The Hall–Kier alpha value is -1.06. The van der Waals surface area contributed by atoms with Gasteiger partial charge in [0.15, 0.2) is 0 Å². The SMILES string of the molecule is COCCN1CCN(c2ccc(C)cc2)C[C@H]1C. The lowest BCUT2D eigenvalue weighted by atomic mass is 10.1. The summed E-state index contributed by atoms with van der Waals surface area (Å²) in [4.78, 5) is 4.99. The Morgan fingerprint density at radius 2 is 1.94 bits per heavy atom. The summed E-state index contributed by atoms with van der Waals surface area (Å²) in [6.45, 7) is 9.64. The van der Waals surface area contributed by atoms with Gasteiger partial charge in [0, 0.05) is 45.0 Å². The first-order valence-corrected chi connectivity index (χ1v) is 6.75. The Labute approximate surface area is 110 Å². The second-order valence-corrected chi connectivity index (χ2v) is 5.16. The van der Waals surface area contributed by atoms with Crippen LogP contribution in [0.4, 0.5) is 5.69 Å². The van der Waals surface area contributed by atoms with Gasteiger partial charge >= 0.3 is 0 Å². The van der Waals surface area contributed by atoms with Crippen molar-refractivity contribution in [2.75, 3.05) is 44.8 Å². The van der Waals surface area contributed by atoms with Crippen molar-refractivity contribution in [3.63, 3.8) is 0 Å². The third-order valence-electron chi connectivity index (χ3n) is 3.75. The number of hydrogen-bond acceptors (Lipinski definition) is 3. The van der Waals surface area contributed by atoms with E-state index in [1.54, 1.807) is 7.11 Å². The van der Waals surface area contributed by atoms with Crippen LogP contribution in [-0.2, 0) is 4.74 Å². The van der Waals surface area contributed by atoms with Gasteiger partial charge in [-0.3, -0.25) is 4.90 Å². The summed E-state index contributed by atoms with van der Waals surface area (Å²) < 4.78 is 5.16. The summed E-state index contributed by atoms with van der Waals surface area (Å²) in [6, 6.07) is 9.43. The molecule has 1 aromatic carbocycles. The molecule has 0 radical (unpaired) electrons. The average molecular weight is 248 g/mol. The molecule has 0 saturated carbocycles. The smallest absolute Gasteiger partial charge is 0.0589 e. The van der Waals surface area contributed by atoms with E-state index in [-0.39, 0.29) is 0 Å².